The number of carbonyl (C=O) groups excluding carboxylic acids is 1. The van der Waals surface area contributed by atoms with E-state index in [1.807, 2.05) is 0 Å². The highest BCUT2D eigenvalue weighted by Gasteiger charge is 2.10. The van der Waals surface area contributed by atoms with E-state index in [1.54, 1.807) is 36.4 Å². The van der Waals surface area contributed by atoms with Crippen LogP contribution in [0.25, 0.3) is 11.1 Å². The minimum absolute atomic E-state index is 0.0611. The Bertz CT molecular complexity index is 1220. The summed E-state index contributed by atoms with van der Waals surface area (Å²) in [6.45, 7) is 0.525. The summed E-state index contributed by atoms with van der Waals surface area (Å²) < 4.78 is 33.3. The number of pyridine rings is 1. The SMILES string of the molecule is O=C(Cc1ccc(-c2ccc(OCCc3nnn[nH]3)cc2F)cn1)NCc1cccc(F)c1. The largest absolute Gasteiger partial charge is 0.493 e. The molecule has 168 valence electrons. The summed E-state index contributed by atoms with van der Waals surface area (Å²) >= 11 is 0. The number of nitrogens with one attached hydrogen (secondary N) is 2. The number of rotatable bonds is 9. The molecule has 0 radical (unpaired) electrons. The third-order valence-electron chi connectivity index (χ3n) is 4.79. The molecule has 8 nitrogen and oxygen atoms in total. The number of nitrogens with zero attached hydrogens (tertiary/aromatic N) is 4. The molecule has 33 heavy (non-hydrogen) atoms. The quantitative estimate of drug-likeness (QED) is 0.406. The number of amides is 1. The average Bonchev–Trinajstić information content (AvgIpc) is 3.32. The maximum Gasteiger partial charge on any atom is 0.226 e. The summed E-state index contributed by atoms with van der Waals surface area (Å²) in [7, 11) is 0. The van der Waals surface area contributed by atoms with Crippen molar-refractivity contribution in [3.63, 3.8) is 0 Å². The Morgan fingerprint density at radius 1 is 1.09 bits per heavy atom. The molecule has 2 N–H and O–H groups in total. The van der Waals surface area contributed by atoms with Gasteiger partial charge in [-0.05, 0) is 46.3 Å². The smallest absolute Gasteiger partial charge is 0.226 e. The number of benzene rings is 2. The zero-order valence-corrected chi connectivity index (χ0v) is 17.5. The van der Waals surface area contributed by atoms with Gasteiger partial charge < -0.3 is 10.1 Å². The molecule has 4 rings (SSSR count). The Balaban J connectivity index is 1.31. The van der Waals surface area contributed by atoms with E-state index in [0.717, 1.165) is 0 Å². The van der Waals surface area contributed by atoms with Gasteiger partial charge in [-0.2, -0.15) is 0 Å². The van der Waals surface area contributed by atoms with Gasteiger partial charge in [0.25, 0.3) is 0 Å². The van der Waals surface area contributed by atoms with Gasteiger partial charge in [0.15, 0.2) is 5.82 Å². The fourth-order valence-electron chi connectivity index (χ4n) is 3.13. The predicted molar refractivity (Wildman–Crippen MR) is 115 cm³/mol. The number of H-pyrrole nitrogens is 1. The molecule has 1 amide bonds. The lowest BCUT2D eigenvalue weighted by Gasteiger charge is -2.09. The highest BCUT2D eigenvalue weighted by Crippen LogP contribution is 2.26. The number of tetrazole rings is 1. The summed E-state index contributed by atoms with van der Waals surface area (Å²) in [5, 5.41) is 16.1. The van der Waals surface area contributed by atoms with Gasteiger partial charge in [-0.1, -0.05) is 18.2 Å². The van der Waals surface area contributed by atoms with Crippen molar-refractivity contribution in [1.82, 2.24) is 30.9 Å². The first-order valence-electron chi connectivity index (χ1n) is 10.2. The number of carbonyl (C=O) groups is 1. The van der Waals surface area contributed by atoms with Gasteiger partial charge in [0.05, 0.1) is 13.0 Å². The Hall–Kier alpha value is -4.21. The minimum Gasteiger partial charge on any atom is -0.493 e. The summed E-state index contributed by atoms with van der Waals surface area (Å²) in [5.74, 6) is -0.0662. The Morgan fingerprint density at radius 2 is 2.00 bits per heavy atom. The topological polar surface area (TPSA) is 106 Å². The summed E-state index contributed by atoms with van der Waals surface area (Å²) in [5.41, 5.74) is 2.16. The number of hydrogen-bond acceptors (Lipinski definition) is 6. The first kappa shape index (κ1) is 22.0. The molecule has 2 aromatic carbocycles. The molecule has 0 unspecified atom stereocenters. The van der Waals surface area contributed by atoms with Crippen LogP contribution in [0.5, 0.6) is 5.75 Å². The minimum atomic E-state index is -0.448. The van der Waals surface area contributed by atoms with Crippen molar-refractivity contribution < 1.29 is 18.3 Å². The van der Waals surface area contributed by atoms with Gasteiger partial charge in [0.2, 0.25) is 5.91 Å². The first-order chi connectivity index (χ1) is 16.1. The highest BCUT2D eigenvalue weighted by molar-refractivity contribution is 5.78. The molecule has 2 heterocycles. The van der Waals surface area contributed by atoms with Crippen LogP contribution in [0.3, 0.4) is 0 Å². The van der Waals surface area contributed by atoms with Crippen LogP contribution >= 0.6 is 0 Å². The second-order valence-electron chi connectivity index (χ2n) is 7.21. The molecule has 0 spiro atoms. The average molecular weight is 450 g/mol. The summed E-state index contributed by atoms with van der Waals surface area (Å²) in [6.07, 6.45) is 2.05. The van der Waals surface area contributed by atoms with Crippen molar-refractivity contribution in [3.05, 3.63) is 89.5 Å². The molecule has 0 bridgehead atoms. The molecular formula is C23H20F2N6O2. The third-order valence-corrected chi connectivity index (χ3v) is 4.79. The highest BCUT2D eigenvalue weighted by atomic mass is 19.1. The molecule has 0 atom stereocenters. The maximum absolute atomic E-state index is 14.6. The number of aromatic nitrogens is 5. The number of ether oxygens (including phenoxy) is 1. The second-order valence-corrected chi connectivity index (χ2v) is 7.21. The van der Waals surface area contributed by atoms with Crippen molar-refractivity contribution >= 4 is 5.91 Å². The molecule has 0 aliphatic heterocycles. The van der Waals surface area contributed by atoms with Crippen LogP contribution < -0.4 is 10.1 Å². The molecular weight excluding hydrogens is 430 g/mol. The third kappa shape index (κ3) is 6.16. The first-order valence-corrected chi connectivity index (χ1v) is 10.2. The van der Waals surface area contributed by atoms with Gasteiger partial charge in [0, 0.05) is 42.0 Å². The fraction of sp³-hybridized carbons (Fsp3) is 0.174. The maximum atomic E-state index is 14.6. The van der Waals surface area contributed by atoms with E-state index in [4.69, 9.17) is 4.74 Å². The van der Waals surface area contributed by atoms with E-state index in [1.165, 1.54) is 24.4 Å². The predicted octanol–water partition coefficient (Wildman–Crippen LogP) is 3.02. The van der Waals surface area contributed by atoms with Crippen LogP contribution in [-0.4, -0.2) is 38.1 Å². The van der Waals surface area contributed by atoms with Crippen molar-refractivity contribution in [2.45, 2.75) is 19.4 Å². The number of halogens is 2. The normalized spacial score (nSPS) is 10.7. The van der Waals surface area contributed by atoms with Gasteiger partial charge in [-0.15, -0.1) is 5.10 Å². The molecule has 4 aromatic rings. The van der Waals surface area contributed by atoms with E-state index >= 15 is 0 Å². The Labute approximate surface area is 188 Å². The lowest BCUT2D eigenvalue weighted by Crippen LogP contribution is -2.24. The van der Waals surface area contributed by atoms with Crippen molar-refractivity contribution in [1.29, 1.82) is 0 Å². The lowest BCUT2D eigenvalue weighted by molar-refractivity contribution is -0.120. The standard InChI is InChI=1S/C23H20F2N6O2/c24-17-3-1-2-15(10-17)13-27-23(32)11-18-5-4-16(14-26-18)20-7-6-19(12-21(20)25)33-9-8-22-28-30-31-29-22/h1-7,10,12,14H,8-9,11,13H2,(H,27,32)(H,28,29,30,31). The van der Waals surface area contributed by atoms with Crippen LogP contribution in [0.4, 0.5) is 8.78 Å². The number of hydrogen-bond donors (Lipinski definition) is 2. The van der Waals surface area contributed by atoms with Crippen LogP contribution in [0.15, 0.2) is 60.8 Å². The Morgan fingerprint density at radius 3 is 2.73 bits per heavy atom. The van der Waals surface area contributed by atoms with Crippen molar-refractivity contribution in [2.75, 3.05) is 6.61 Å². The monoisotopic (exact) mass is 450 g/mol. The Kier molecular flexibility index (Phi) is 6.93. The van der Waals surface area contributed by atoms with Gasteiger partial charge in [0.1, 0.15) is 17.4 Å². The van der Waals surface area contributed by atoms with Crippen LogP contribution in [0.2, 0.25) is 0 Å². The molecule has 0 fully saturated rings. The van der Waals surface area contributed by atoms with Crippen LogP contribution in [0, 0.1) is 11.6 Å². The molecule has 0 saturated heterocycles. The van der Waals surface area contributed by atoms with E-state index < -0.39 is 5.82 Å². The zero-order valence-electron chi connectivity index (χ0n) is 17.5. The summed E-state index contributed by atoms with van der Waals surface area (Å²) in [6, 6.07) is 14.0. The number of aromatic amines is 1. The molecule has 10 heteroatoms. The van der Waals surface area contributed by atoms with E-state index in [2.05, 4.69) is 30.9 Å². The fourth-order valence-corrected chi connectivity index (χ4v) is 3.13. The van der Waals surface area contributed by atoms with Gasteiger partial charge in [-0.25, -0.2) is 13.9 Å². The van der Waals surface area contributed by atoms with Crippen LogP contribution in [0.1, 0.15) is 17.1 Å². The summed E-state index contributed by atoms with van der Waals surface area (Å²) in [4.78, 5) is 16.4. The molecule has 2 aromatic heterocycles. The lowest BCUT2D eigenvalue weighted by atomic mass is 10.1. The van der Waals surface area contributed by atoms with E-state index in [0.29, 0.717) is 47.0 Å². The van der Waals surface area contributed by atoms with Gasteiger partial charge >= 0.3 is 0 Å². The zero-order chi connectivity index (χ0) is 23.0. The van der Waals surface area contributed by atoms with E-state index in [9.17, 15) is 13.6 Å². The van der Waals surface area contributed by atoms with Gasteiger partial charge in [-0.3, -0.25) is 9.78 Å². The van der Waals surface area contributed by atoms with Crippen molar-refractivity contribution in [3.8, 4) is 16.9 Å². The van der Waals surface area contributed by atoms with Crippen molar-refractivity contribution in [2.24, 2.45) is 0 Å². The van der Waals surface area contributed by atoms with E-state index in [-0.39, 0.29) is 24.7 Å². The molecule has 0 aliphatic rings. The molecule has 0 aliphatic carbocycles. The van der Waals surface area contributed by atoms with Crippen LogP contribution in [-0.2, 0) is 24.2 Å². The second kappa shape index (κ2) is 10.4. The molecule has 0 saturated carbocycles.